The molecule has 22 heavy (non-hydrogen) atoms. The molecular formula is C16H17FN4O. The summed E-state index contributed by atoms with van der Waals surface area (Å²) >= 11 is 0. The number of piperidine rings is 1. The van der Waals surface area contributed by atoms with Crippen LogP contribution in [0.5, 0.6) is 0 Å². The van der Waals surface area contributed by atoms with Crippen LogP contribution in [0.2, 0.25) is 0 Å². The summed E-state index contributed by atoms with van der Waals surface area (Å²) in [7, 11) is 0. The molecule has 1 amide bonds. The van der Waals surface area contributed by atoms with Gasteiger partial charge in [0.05, 0.1) is 11.6 Å². The van der Waals surface area contributed by atoms with Crippen molar-refractivity contribution in [3.05, 3.63) is 48.5 Å². The number of para-hydroxylation sites is 1. The van der Waals surface area contributed by atoms with E-state index in [4.69, 9.17) is 0 Å². The summed E-state index contributed by atoms with van der Waals surface area (Å²) in [6.45, 7) is 1.37. The normalized spacial score (nSPS) is 18.0. The molecule has 1 aromatic heterocycles. The summed E-state index contributed by atoms with van der Waals surface area (Å²) in [6, 6.07) is 7.95. The Morgan fingerprint density at radius 1 is 1.23 bits per heavy atom. The Hall–Kier alpha value is -2.50. The quantitative estimate of drug-likeness (QED) is 0.946. The minimum absolute atomic E-state index is 0.161. The van der Waals surface area contributed by atoms with E-state index < -0.39 is 5.82 Å². The van der Waals surface area contributed by atoms with E-state index in [1.54, 1.807) is 36.7 Å². The van der Waals surface area contributed by atoms with Gasteiger partial charge in [-0.25, -0.2) is 14.4 Å². The van der Waals surface area contributed by atoms with Crippen LogP contribution in [0.4, 0.5) is 16.0 Å². The molecule has 1 saturated heterocycles. The lowest BCUT2D eigenvalue weighted by Crippen LogP contribution is -2.41. The average molecular weight is 300 g/mol. The second-order valence-electron chi connectivity index (χ2n) is 5.30. The number of benzene rings is 1. The Labute approximate surface area is 128 Å². The van der Waals surface area contributed by atoms with Gasteiger partial charge in [0.2, 0.25) is 11.9 Å². The zero-order valence-corrected chi connectivity index (χ0v) is 12.1. The number of hydrogen-bond donors (Lipinski definition) is 1. The predicted octanol–water partition coefficient (Wildman–Crippen LogP) is 2.47. The number of halogens is 1. The lowest BCUT2D eigenvalue weighted by atomic mass is 9.97. The fourth-order valence-electron chi connectivity index (χ4n) is 2.62. The molecule has 0 unspecified atom stereocenters. The molecule has 5 nitrogen and oxygen atoms in total. The summed E-state index contributed by atoms with van der Waals surface area (Å²) in [4.78, 5) is 22.8. The molecule has 0 radical (unpaired) electrons. The topological polar surface area (TPSA) is 58.1 Å². The Kier molecular flexibility index (Phi) is 4.27. The molecule has 2 aromatic rings. The van der Waals surface area contributed by atoms with E-state index >= 15 is 0 Å². The van der Waals surface area contributed by atoms with Gasteiger partial charge in [0.1, 0.15) is 5.82 Å². The summed E-state index contributed by atoms with van der Waals surface area (Å²) in [5, 5.41) is 2.67. The van der Waals surface area contributed by atoms with E-state index in [0.29, 0.717) is 12.5 Å². The van der Waals surface area contributed by atoms with Gasteiger partial charge < -0.3 is 10.2 Å². The van der Waals surface area contributed by atoms with Crippen molar-refractivity contribution >= 4 is 17.5 Å². The smallest absolute Gasteiger partial charge is 0.229 e. The number of nitrogens with zero attached hydrogens (tertiary/aromatic N) is 3. The van der Waals surface area contributed by atoms with E-state index in [0.717, 1.165) is 19.4 Å². The maximum atomic E-state index is 13.6. The molecule has 1 aromatic carbocycles. The minimum Gasteiger partial charge on any atom is -0.340 e. The highest BCUT2D eigenvalue weighted by Gasteiger charge is 2.27. The Morgan fingerprint density at radius 2 is 2.00 bits per heavy atom. The second kappa shape index (κ2) is 6.51. The molecule has 6 heteroatoms. The van der Waals surface area contributed by atoms with Crippen molar-refractivity contribution in [2.45, 2.75) is 12.8 Å². The first-order chi connectivity index (χ1) is 10.7. The Balaban J connectivity index is 1.67. The maximum absolute atomic E-state index is 13.6. The van der Waals surface area contributed by atoms with Crippen LogP contribution in [0.1, 0.15) is 12.8 Å². The Morgan fingerprint density at radius 3 is 2.77 bits per heavy atom. The van der Waals surface area contributed by atoms with Crippen molar-refractivity contribution in [1.82, 2.24) is 9.97 Å². The molecule has 3 rings (SSSR count). The highest BCUT2D eigenvalue weighted by molar-refractivity contribution is 5.93. The average Bonchev–Trinajstić information content (AvgIpc) is 2.58. The Bertz CT molecular complexity index is 650. The minimum atomic E-state index is -0.421. The summed E-state index contributed by atoms with van der Waals surface area (Å²) in [5.41, 5.74) is 0.223. The number of amides is 1. The number of hydrogen-bond acceptors (Lipinski definition) is 4. The lowest BCUT2D eigenvalue weighted by molar-refractivity contribution is -0.120. The van der Waals surface area contributed by atoms with Crippen LogP contribution in [-0.2, 0) is 4.79 Å². The van der Waals surface area contributed by atoms with Gasteiger partial charge in [-0.15, -0.1) is 0 Å². The van der Waals surface area contributed by atoms with Crippen LogP contribution in [0.25, 0.3) is 0 Å². The van der Waals surface area contributed by atoms with Crippen LogP contribution in [0.3, 0.4) is 0 Å². The van der Waals surface area contributed by atoms with Gasteiger partial charge in [-0.2, -0.15) is 0 Å². The molecule has 1 aliphatic rings. The summed E-state index contributed by atoms with van der Waals surface area (Å²) in [6.07, 6.45) is 5.04. The standard InChI is InChI=1S/C16H17FN4O/c17-13-6-1-2-7-14(13)20-15(22)12-5-3-10-21(11-12)16-18-8-4-9-19-16/h1-2,4,6-9,12H,3,5,10-11H2,(H,20,22)/t12-/m1/s1. The fourth-order valence-corrected chi connectivity index (χ4v) is 2.62. The van der Waals surface area contributed by atoms with Crippen LogP contribution in [-0.4, -0.2) is 29.0 Å². The van der Waals surface area contributed by atoms with Gasteiger partial charge >= 0.3 is 0 Å². The molecule has 0 saturated carbocycles. The number of nitrogens with one attached hydrogen (secondary N) is 1. The highest BCUT2D eigenvalue weighted by Crippen LogP contribution is 2.22. The second-order valence-corrected chi connectivity index (χ2v) is 5.30. The van der Waals surface area contributed by atoms with Crippen molar-refractivity contribution in [3.63, 3.8) is 0 Å². The van der Waals surface area contributed by atoms with E-state index in [-0.39, 0.29) is 17.5 Å². The van der Waals surface area contributed by atoms with Gasteiger partial charge in [-0.1, -0.05) is 12.1 Å². The maximum Gasteiger partial charge on any atom is 0.229 e. The van der Waals surface area contributed by atoms with Crippen LogP contribution in [0.15, 0.2) is 42.7 Å². The molecule has 1 atom stereocenters. The lowest BCUT2D eigenvalue weighted by Gasteiger charge is -2.31. The first-order valence-electron chi connectivity index (χ1n) is 7.31. The number of aromatic nitrogens is 2. The monoisotopic (exact) mass is 300 g/mol. The van der Waals surface area contributed by atoms with Crippen LogP contribution in [0, 0.1) is 11.7 Å². The van der Waals surface area contributed by atoms with E-state index in [9.17, 15) is 9.18 Å². The highest BCUT2D eigenvalue weighted by atomic mass is 19.1. The van der Waals surface area contributed by atoms with Gasteiger partial charge in [-0.05, 0) is 31.0 Å². The van der Waals surface area contributed by atoms with E-state index in [1.165, 1.54) is 6.07 Å². The van der Waals surface area contributed by atoms with E-state index in [2.05, 4.69) is 15.3 Å². The third kappa shape index (κ3) is 3.21. The molecular weight excluding hydrogens is 283 g/mol. The molecule has 1 aliphatic heterocycles. The SMILES string of the molecule is O=C(Nc1ccccc1F)[C@@H]1CCCN(c2ncccn2)C1. The van der Waals surface area contributed by atoms with Gasteiger partial charge in [0, 0.05) is 25.5 Å². The first-order valence-corrected chi connectivity index (χ1v) is 7.31. The predicted molar refractivity (Wildman–Crippen MR) is 82.0 cm³/mol. The fraction of sp³-hybridized carbons (Fsp3) is 0.312. The van der Waals surface area contributed by atoms with Gasteiger partial charge in [0.25, 0.3) is 0 Å². The summed E-state index contributed by atoms with van der Waals surface area (Å²) < 4.78 is 13.6. The molecule has 1 fully saturated rings. The molecule has 0 aliphatic carbocycles. The van der Waals surface area contributed by atoms with Gasteiger partial charge in [0.15, 0.2) is 0 Å². The first kappa shape index (κ1) is 14.4. The van der Waals surface area contributed by atoms with Crippen molar-refractivity contribution < 1.29 is 9.18 Å². The molecule has 1 N–H and O–H groups in total. The van der Waals surface area contributed by atoms with Crippen LogP contribution < -0.4 is 10.2 Å². The van der Waals surface area contributed by atoms with Crippen molar-refractivity contribution in [2.75, 3.05) is 23.3 Å². The number of anilines is 2. The van der Waals surface area contributed by atoms with Gasteiger partial charge in [-0.3, -0.25) is 4.79 Å². The third-order valence-electron chi connectivity index (χ3n) is 3.76. The molecule has 2 heterocycles. The zero-order chi connectivity index (χ0) is 15.4. The van der Waals surface area contributed by atoms with Crippen molar-refractivity contribution in [1.29, 1.82) is 0 Å². The molecule has 0 bridgehead atoms. The van der Waals surface area contributed by atoms with Crippen molar-refractivity contribution in [2.24, 2.45) is 5.92 Å². The number of rotatable bonds is 3. The number of carbonyl (C=O) groups is 1. The largest absolute Gasteiger partial charge is 0.340 e. The number of carbonyl (C=O) groups excluding carboxylic acids is 1. The molecule has 114 valence electrons. The zero-order valence-electron chi connectivity index (χ0n) is 12.1. The van der Waals surface area contributed by atoms with E-state index in [1.807, 2.05) is 4.90 Å². The van der Waals surface area contributed by atoms with Crippen molar-refractivity contribution in [3.8, 4) is 0 Å². The summed E-state index contributed by atoms with van der Waals surface area (Å²) in [5.74, 6) is -0.149. The molecule has 0 spiro atoms. The van der Waals surface area contributed by atoms with Crippen LogP contribution >= 0.6 is 0 Å². The third-order valence-corrected chi connectivity index (χ3v) is 3.76.